The Morgan fingerprint density at radius 1 is 1.39 bits per heavy atom. The summed E-state index contributed by atoms with van der Waals surface area (Å²) in [4.78, 5) is 2.47. The van der Waals surface area contributed by atoms with Gasteiger partial charge in [-0.2, -0.15) is 0 Å². The van der Waals surface area contributed by atoms with E-state index in [0.717, 1.165) is 37.9 Å². The zero-order valence-corrected chi connectivity index (χ0v) is 12.3. The van der Waals surface area contributed by atoms with Gasteiger partial charge in [-0.05, 0) is 51.5 Å². The van der Waals surface area contributed by atoms with Gasteiger partial charge in [-0.1, -0.05) is 13.3 Å². The van der Waals surface area contributed by atoms with E-state index in [4.69, 9.17) is 0 Å². The molecule has 1 aliphatic heterocycles. The lowest BCUT2D eigenvalue weighted by molar-refractivity contribution is 0.0624. The summed E-state index contributed by atoms with van der Waals surface area (Å²) in [7, 11) is 2.10. The average molecular weight is 254 g/mol. The zero-order valence-electron chi connectivity index (χ0n) is 12.3. The largest absolute Gasteiger partial charge is 0.389 e. The van der Waals surface area contributed by atoms with Crippen molar-refractivity contribution < 1.29 is 5.11 Å². The molecule has 0 aromatic rings. The van der Waals surface area contributed by atoms with Crippen LogP contribution in [0, 0.1) is 11.8 Å². The molecule has 3 heteroatoms. The fourth-order valence-electron chi connectivity index (χ4n) is 3.84. The standard InChI is InChI=1S/C15H30N2O/c1-4-12-5-6-14(16-3)13(9-12)10-17-8-7-15(2,18)11-17/h12-14,16,18H,4-11H2,1-3H3. The van der Waals surface area contributed by atoms with E-state index in [0.29, 0.717) is 6.04 Å². The minimum atomic E-state index is -0.450. The van der Waals surface area contributed by atoms with Gasteiger partial charge < -0.3 is 15.3 Å². The van der Waals surface area contributed by atoms with Gasteiger partial charge in [-0.25, -0.2) is 0 Å². The number of nitrogens with one attached hydrogen (secondary N) is 1. The Kier molecular flexibility index (Phi) is 4.68. The Bertz CT molecular complexity index is 267. The van der Waals surface area contributed by atoms with Crippen molar-refractivity contribution in [3.8, 4) is 0 Å². The summed E-state index contributed by atoms with van der Waals surface area (Å²) in [6, 6.07) is 0.679. The minimum Gasteiger partial charge on any atom is -0.389 e. The summed E-state index contributed by atoms with van der Waals surface area (Å²) in [6.45, 7) is 7.38. The van der Waals surface area contributed by atoms with E-state index in [9.17, 15) is 5.11 Å². The highest BCUT2D eigenvalue weighted by Gasteiger charge is 2.35. The molecular weight excluding hydrogens is 224 g/mol. The molecule has 2 rings (SSSR count). The molecule has 1 aliphatic carbocycles. The lowest BCUT2D eigenvalue weighted by atomic mass is 9.76. The Morgan fingerprint density at radius 2 is 2.17 bits per heavy atom. The maximum Gasteiger partial charge on any atom is 0.0758 e. The molecule has 106 valence electrons. The Balaban J connectivity index is 1.89. The quantitative estimate of drug-likeness (QED) is 0.804. The molecule has 1 heterocycles. The lowest BCUT2D eigenvalue weighted by Gasteiger charge is -2.38. The van der Waals surface area contributed by atoms with Crippen LogP contribution in [0.25, 0.3) is 0 Å². The van der Waals surface area contributed by atoms with Crippen LogP contribution < -0.4 is 5.32 Å². The smallest absolute Gasteiger partial charge is 0.0758 e. The van der Waals surface area contributed by atoms with Gasteiger partial charge in [-0.15, -0.1) is 0 Å². The molecule has 0 radical (unpaired) electrons. The van der Waals surface area contributed by atoms with Crippen molar-refractivity contribution in [3.05, 3.63) is 0 Å². The molecule has 0 bridgehead atoms. The molecule has 1 saturated carbocycles. The second-order valence-electron chi connectivity index (χ2n) is 6.72. The van der Waals surface area contributed by atoms with Crippen LogP contribution in [0.4, 0.5) is 0 Å². The Morgan fingerprint density at radius 3 is 2.72 bits per heavy atom. The van der Waals surface area contributed by atoms with Crippen LogP contribution in [0.5, 0.6) is 0 Å². The van der Waals surface area contributed by atoms with Crippen molar-refractivity contribution in [2.24, 2.45) is 11.8 Å². The molecule has 3 nitrogen and oxygen atoms in total. The van der Waals surface area contributed by atoms with Gasteiger partial charge in [0.25, 0.3) is 0 Å². The molecule has 0 aromatic heterocycles. The van der Waals surface area contributed by atoms with Crippen molar-refractivity contribution in [2.45, 2.75) is 57.6 Å². The molecule has 4 unspecified atom stereocenters. The van der Waals surface area contributed by atoms with E-state index in [1.54, 1.807) is 0 Å². The zero-order chi connectivity index (χ0) is 13.2. The van der Waals surface area contributed by atoms with Crippen LogP contribution in [0.1, 0.15) is 46.0 Å². The predicted octanol–water partition coefficient (Wildman–Crippen LogP) is 1.86. The van der Waals surface area contributed by atoms with Crippen LogP contribution in [0.2, 0.25) is 0 Å². The fraction of sp³-hybridized carbons (Fsp3) is 1.00. The highest BCUT2D eigenvalue weighted by atomic mass is 16.3. The van der Waals surface area contributed by atoms with Crippen molar-refractivity contribution >= 4 is 0 Å². The van der Waals surface area contributed by atoms with Crippen molar-refractivity contribution in [1.29, 1.82) is 0 Å². The molecule has 2 fully saturated rings. The number of hydrogen-bond acceptors (Lipinski definition) is 3. The average Bonchev–Trinajstić information content (AvgIpc) is 2.68. The van der Waals surface area contributed by atoms with E-state index < -0.39 is 5.60 Å². The first-order chi connectivity index (χ1) is 8.54. The summed E-state index contributed by atoms with van der Waals surface area (Å²) in [5, 5.41) is 13.6. The summed E-state index contributed by atoms with van der Waals surface area (Å²) in [6.07, 6.45) is 6.33. The van der Waals surface area contributed by atoms with Gasteiger partial charge >= 0.3 is 0 Å². The van der Waals surface area contributed by atoms with Gasteiger partial charge in [-0.3, -0.25) is 0 Å². The van der Waals surface area contributed by atoms with Crippen molar-refractivity contribution in [2.75, 3.05) is 26.7 Å². The molecular formula is C15H30N2O. The fourth-order valence-corrected chi connectivity index (χ4v) is 3.84. The summed E-state index contributed by atoms with van der Waals surface area (Å²) >= 11 is 0. The summed E-state index contributed by atoms with van der Waals surface area (Å²) in [5.74, 6) is 1.69. The molecule has 18 heavy (non-hydrogen) atoms. The highest BCUT2D eigenvalue weighted by molar-refractivity contribution is 4.91. The normalized spacial score (nSPS) is 42.3. The molecule has 4 atom stereocenters. The SMILES string of the molecule is CCC1CCC(NC)C(CN2CCC(C)(O)C2)C1. The van der Waals surface area contributed by atoms with Crippen molar-refractivity contribution in [1.82, 2.24) is 10.2 Å². The molecule has 0 spiro atoms. The number of nitrogens with zero attached hydrogens (tertiary/aromatic N) is 1. The number of likely N-dealkylation sites (tertiary alicyclic amines) is 1. The Labute approximate surface area is 112 Å². The summed E-state index contributed by atoms with van der Waals surface area (Å²) in [5.41, 5.74) is -0.450. The summed E-state index contributed by atoms with van der Waals surface area (Å²) < 4.78 is 0. The number of aliphatic hydroxyl groups is 1. The predicted molar refractivity (Wildman–Crippen MR) is 75.7 cm³/mol. The molecule has 0 amide bonds. The highest BCUT2D eigenvalue weighted by Crippen LogP contribution is 2.33. The second-order valence-corrected chi connectivity index (χ2v) is 6.72. The molecule has 1 saturated heterocycles. The van der Waals surface area contributed by atoms with E-state index in [-0.39, 0.29) is 0 Å². The third-order valence-electron chi connectivity index (χ3n) is 5.06. The van der Waals surface area contributed by atoms with E-state index in [1.165, 1.54) is 25.7 Å². The van der Waals surface area contributed by atoms with E-state index in [1.807, 2.05) is 6.92 Å². The van der Waals surface area contributed by atoms with E-state index in [2.05, 4.69) is 24.2 Å². The monoisotopic (exact) mass is 254 g/mol. The van der Waals surface area contributed by atoms with Gasteiger partial charge in [0, 0.05) is 25.7 Å². The van der Waals surface area contributed by atoms with Gasteiger partial charge in [0.1, 0.15) is 0 Å². The van der Waals surface area contributed by atoms with Gasteiger partial charge in [0.05, 0.1) is 5.60 Å². The van der Waals surface area contributed by atoms with Crippen LogP contribution in [-0.2, 0) is 0 Å². The number of β-amino-alcohol motifs (C(OH)–C–C–N with tert-alkyl or cyclic N) is 1. The van der Waals surface area contributed by atoms with Crippen LogP contribution in [0.15, 0.2) is 0 Å². The number of hydrogen-bond donors (Lipinski definition) is 2. The number of rotatable bonds is 4. The minimum absolute atomic E-state index is 0.450. The third-order valence-corrected chi connectivity index (χ3v) is 5.06. The molecule has 2 N–H and O–H groups in total. The molecule has 0 aromatic carbocycles. The Hall–Kier alpha value is -0.120. The first kappa shape index (κ1) is 14.3. The van der Waals surface area contributed by atoms with Gasteiger partial charge in [0.2, 0.25) is 0 Å². The first-order valence-electron chi connectivity index (χ1n) is 7.66. The topological polar surface area (TPSA) is 35.5 Å². The lowest BCUT2D eigenvalue weighted by Crippen LogP contribution is -2.44. The first-order valence-corrected chi connectivity index (χ1v) is 7.66. The van der Waals surface area contributed by atoms with Gasteiger partial charge in [0.15, 0.2) is 0 Å². The third kappa shape index (κ3) is 3.46. The van der Waals surface area contributed by atoms with E-state index >= 15 is 0 Å². The maximum atomic E-state index is 10.1. The van der Waals surface area contributed by atoms with Crippen LogP contribution in [-0.4, -0.2) is 48.3 Å². The molecule has 2 aliphatic rings. The second kappa shape index (κ2) is 5.89. The van der Waals surface area contributed by atoms with Crippen LogP contribution >= 0.6 is 0 Å². The van der Waals surface area contributed by atoms with Crippen molar-refractivity contribution in [3.63, 3.8) is 0 Å². The van der Waals surface area contributed by atoms with Crippen LogP contribution in [0.3, 0.4) is 0 Å². The maximum absolute atomic E-state index is 10.1.